The van der Waals surface area contributed by atoms with Crippen molar-refractivity contribution in [1.82, 2.24) is 0 Å². The molecule has 2 heterocycles. The molecule has 51 heavy (non-hydrogen) atoms. The number of hydrogen-bond donors (Lipinski definition) is 0. The molecule has 0 N–H and O–H groups in total. The Hall–Kier alpha value is -3.75. The Morgan fingerprint density at radius 1 is 0.745 bits per heavy atom. The van der Waals surface area contributed by atoms with Crippen molar-refractivity contribution < 1.29 is 69.2 Å². The normalized spacial score (nSPS) is 14.1. The Labute approximate surface area is 320 Å². The standard InChI is InChI=1S/C38H38N2O8S2.Na/c1-28(24-37-39(20-8-10-22-49(41,42)43)33-26-31(16-18-35(33)47-37)29-12-4-2-5-13-29)25-38-40(21-9-11-23-50(44,45)46)34-27-32(17-19-36(34)48-38)30-14-6-3-7-15-30;/h2-7,12-19,24-27H,8-11,20-23H2,1H3,(H-,41,42,43,44,45,46);/q;+1/p-1. The number of oxazole rings is 1. The van der Waals surface area contributed by atoms with Crippen LogP contribution in [0.3, 0.4) is 0 Å². The van der Waals surface area contributed by atoms with Crippen molar-refractivity contribution in [2.75, 3.05) is 23.0 Å². The number of allylic oxidation sites excluding steroid dienone is 2. The first-order chi connectivity index (χ1) is 23.9. The van der Waals surface area contributed by atoms with Crippen LogP contribution in [0.4, 0.5) is 5.69 Å². The van der Waals surface area contributed by atoms with Gasteiger partial charge in [0, 0.05) is 36.6 Å². The Balaban J connectivity index is 0.00000504. The van der Waals surface area contributed by atoms with Crippen LogP contribution in [0.2, 0.25) is 0 Å². The van der Waals surface area contributed by atoms with Gasteiger partial charge in [0.1, 0.15) is 0 Å². The summed E-state index contributed by atoms with van der Waals surface area (Å²) in [6, 6.07) is 31.8. The third kappa shape index (κ3) is 10.2. The van der Waals surface area contributed by atoms with E-state index >= 15 is 0 Å². The van der Waals surface area contributed by atoms with E-state index < -0.39 is 31.7 Å². The summed E-state index contributed by atoms with van der Waals surface area (Å²) in [5.74, 6) is 0.864. The summed E-state index contributed by atoms with van der Waals surface area (Å²) in [6.45, 7) is 2.76. The summed E-state index contributed by atoms with van der Waals surface area (Å²) in [5, 5.41) is 0. The van der Waals surface area contributed by atoms with Gasteiger partial charge in [-0.05, 0) is 72.2 Å². The molecule has 10 nitrogen and oxygen atoms in total. The van der Waals surface area contributed by atoms with Crippen LogP contribution in [-0.4, -0.2) is 44.0 Å². The van der Waals surface area contributed by atoms with Gasteiger partial charge in [-0.25, -0.2) is 16.8 Å². The first kappa shape index (κ1) is 38.5. The predicted molar refractivity (Wildman–Crippen MR) is 191 cm³/mol. The van der Waals surface area contributed by atoms with Gasteiger partial charge in [-0.1, -0.05) is 72.8 Å². The van der Waals surface area contributed by atoms with E-state index in [0.29, 0.717) is 49.0 Å². The Kier molecular flexibility index (Phi) is 12.6. The molecule has 0 spiro atoms. The summed E-state index contributed by atoms with van der Waals surface area (Å²) in [4.78, 5) is 1.98. The minimum atomic E-state index is -4.32. The minimum absolute atomic E-state index is 0. The molecular formula is C38H37N2NaO8S2. The number of unbranched alkanes of at least 4 members (excludes halogenated alkanes) is 2. The third-order valence-corrected chi connectivity index (χ3v) is 10.0. The van der Waals surface area contributed by atoms with Crippen LogP contribution in [0, 0.1) is 0 Å². The fraction of sp³-hybridized carbons (Fsp3) is 0.237. The summed E-state index contributed by atoms with van der Waals surface area (Å²) >= 11 is 0. The number of ether oxygens (including phenoxy) is 1. The molecule has 4 aromatic carbocycles. The van der Waals surface area contributed by atoms with Gasteiger partial charge in [-0.2, -0.15) is 4.57 Å². The molecule has 0 fully saturated rings. The van der Waals surface area contributed by atoms with Crippen LogP contribution in [-0.2, 0) is 26.8 Å². The maximum absolute atomic E-state index is 11.3. The number of benzene rings is 4. The topological polar surface area (TPSA) is 144 Å². The van der Waals surface area contributed by atoms with Gasteiger partial charge in [-0.15, -0.1) is 0 Å². The monoisotopic (exact) mass is 736 g/mol. The Morgan fingerprint density at radius 3 is 1.96 bits per heavy atom. The van der Waals surface area contributed by atoms with Gasteiger partial charge in [0.05, 0.1) is 32.0 Å². The molecule has 0 unspecified atom stereocenters. The molecule has 1 aliphatic rings. The fourth-order valence-electron chi connectivity index (χ4n) is 6.03. The molecule has 0 bridgehead atoms. The number of rotatable bonds is 14. The average molecular weight is 737 g/mol. The summed E-state index contributed by atoms with van der Waals surface area (Å²) < 4.78 is 82.2. The fourth-order valence-corrected chi connectivity index (χ4v) is 7.14. The van der Waals surface area contributed by atoms with Gasteiger partial charge < -0.3 is 23.2 Å². The first-order valence-electron chi connectivity index (χ1n) is 16.4. The first-order valence-corrected chi connectivity index (χ1v) is 19.5. The number of aryl methyl sites for hydroxylation is 1. The van der Waals surface area contributed by atoms with Crippen molar-refractivity contribution in [3.63, 3.8) is 0 Å². The second kappa shape index (κ2) is 16.7. The van der Waals surface area contributed by atoms with Crippen molar-refractivity contribution in [3.05, 3.63) is 120 Å². The van der Waals surface area contributed by atoms with E-state index in [4.69, 9.17) is 9.15 Å². The molecule has 260 valence electrons. The SMILES string of the molecule is CC(=Cc1oc2ccc(-c3ccccc3)cc2[n+]1CCCCS(=O)(=O)[O-])C=C1Oc2ccc(-c3ccccc3)cc2N1CCCCS(=O)(=O)[O-].[Na+]. The molecule has 0 radical (unpaired) electrons. The van der Waals surface area contributed by atoms with Crippen molar-refractivity contribution >= 4 is 43.1 Å². The van der Waals surface area contributed by atoms with Crippen LogP contribution >= 0.6 is 0 Å². The maximum Gasteiger partial charge on any atom is 1.00 e. The quantitative estimate of drug-likeness (QED) is 0.0719. The smallest absolute Gasteiger partial charge is 0.748 e. The van der Waals surface area contributed by atoms with Crippen molar-refractivity contribution in [2.24, 2.45) is 0 Å². The summed E-state index contributed by atoms with van der Waals surface area (Å²) in [6.07, 6.45) is 5.09. The van der Waals surface area contributed by atoms with Crippen molar-refractivity contribution in [1.29, 1.82) is 0 Å². The van der Waals surface area contributed by atoms with E-state index in [9.17, 15) is 25.9 Å². The molecule has 13 heteroatoms. The van der Waals surface area contributed by atoms with Crippen LogP contribution in [0.15, 0.2) is 119 Å². The average Bonchev–Trinajstić information content (AvgIpc) is 3.60. The van der Waals surface area contributed by atoms with Crippen molar-refractivity contribution in [3.8, 4) is 28.0 Å². The molecule has 5 aromatic rings. The predicted octanol–water partition coefficient (Wildman–Crippen LogP) is 3.85. The number of nitrogens with zero attached hydrogens (tertiary/aromatic N) is 2. The third-order valence-electron chi connectivity index (χ3n) is 8.43. The molecule has 0 amide bonds. The number of aromatic nitrogens is 1. The maximum atomic E-state index is 11.3. The number of anilines is 1. The minimum Gasteiger partial charge on any atom is -0.748 e. The van der Waals surface area contributed by atoms with Crippen LogP contribution < -0.4 is 43.8 Å². The van der Waals surface area contributed by atoms with Crippen LogP contribution in [0.5, 0.6) is 5.75 Å². The zero-order valence-electron chi connectivity index (χ0n) is 28.5. The van der Waals surface area contributed by atoms with E-state index in [1.807, 2.05) is 126 Å². The molecule has 6 rings (SSSR count). The molecule has 1 aromatic heterocycles. The molecule has 0 saturated carbocycles. The van der Waals surface area contributed by atoms with E-state index in [-0.39, 0.29) is 42.4 Å². The van der Waals surface area contributed by atoms with E-state index in [1.165, 1.54) is 0 Å². The zero-order chi connectivity index (χ0) is 35.3. The van der Waals surface area contributed by atoms with Crippen LogP contribution in [0.1, 0.15) is 38.5 Å². The number of fused-ring (bicyclic) bond motifs is 2. The molecule has 0 atom stereocenters. The molecule has 1 aliphatic heterocycles. The number of hydrogen-bond acceptors (Lipinski definition) is 9. The van der Waals surface area contributed by atoms with Gasteiger partial charge in [0.2, 0.25) is 11.5 Å². The van der Waals surface area contributed by atoms with E-state index in [2.05, 4.69) is 0 Å². The largest absolute Gasteiger partial charge is 1.00 e. The second-order valence-corrected chi connectivity index (χ2v) is 15.3. The summed E-state index contributed by atoms with van der Waals surface area (Å²) in [5.41, 5.74) is 7.18. The Morgan fingerprint density at radius 2 is 1.33 bits per heavy atom. The van der Waals surface area contributed by atoms with E-state index in [0.717, 1.165) is 39.0 Å². The van der Waals surface area contributed by atoms with Gasteiger partial charge in [-0.3, -0.25) is 0 Å². The Bertz CT molecular complexity index is 2270. The van der Waals surface area contributed by atoms with E-state index in [1.54, 1.807) is 0 Å². The van der Waals surface area contributed by atoms with Crippen molar-refractivity contribution in [2.45, 2.75) is 39.2 Å². The van der Waals surface area contributed by atoms with Gasteiger partial charge in [0.25, 0.3) is 5.52 Å². The second-order valence-electron chi connectivity index (χ2n) is 12.3. The zero-order valence-corrected chi connectivity index (χ0v) is 32.2. The molecule has 0 saturated heterocycles. The summed E-state index contributed by atoms with van der Waals surface area (Å²) in [7, 11) is -8.64. The van der Waals surface area contributed by atoms with Crippen LogP contribution in [0.25, 0.3) is 39.4 Å². The van der Waals surface area contributed by atoms with Gasteiger partial charge in [0.15, 0.2) is 12.3 Å². The molecular weight excluding hydrogens is 700 g/mol. The van der Waals surface area contributed by atoms with Gasteiger partial charge >= 0.3 is 35.4 Å². The molecule has 0 aliphatic carbocycles.